The fraction of sp³-hybridized carbons (Fsp3) is 0.500. The number of benzene rings is 1. The minimum absolute atomic E-state index is 0.281. The molecule has 0 N–H and O–H groups in total. The monoisotopic (exact) mass is 330 g/mol. The summed E-state index contributed by atoms with van der Waals surface area (Å²) < 4.78 is 25.4. The second-order valence-electron chi connectivity index (χ2n) is 4.66. The Kier molecular flexibility index (Phi) is 3.71. The van der Waals surface area contributed by atoms with E-state index in [2.05, 4.69) is 15.9 Å². The van der Waals surface area contributed by atoms with Crippen molar-refractivity contribution >= 4 is 21.9 Å². The Hall–Kier alpha value is -0.940. The van der Waals surface area contributed by atoms with Crippen molar-refractivity contribution in [2.45, 2.75) is 38.4 Å². The van der Waals surface area contributed by atoms with E-state index in [9.17, 15) is 9.18 Å². The highest BCUT2D eigenvalue weighted by atomic mass is 79.9. The van der Waals surface area contributed by atoms with Gasteiger partial charge in [-0.2, -0.15) is 0 Å². The number of esters is 1. The predicted molar refractivity (Wildman–Crippen MR) is 72.2 cm³/mol. The summed E-state index contributed by atoms with van der Waals surface area (Å²) in [7, 11) is 0. The highest BCUT2D eigenvalue weighted by Crippen LogP contribution is 2.58. The summed E-state index contributed by atoms with van der Waals surface area (Å²) in [5.74, 6) is -0.821. The first-order chi connectivity index (χ1) is 8.91. The average Bonchev–Trinajstić information content (AvgIpc) is 2.97. The molecule has 104 valence electrons. The first-order valence-corrected chi connectivity index (χ1v) is 7.03. The molecule has 0 aliphatic carbocycles. The first kappa shape index (κ1) is 14.5. The van der Waals surface area contributed by atoms with Crippen LogP contribution in [0.4, 0.5) is 4.39 Å². The van der Waals surface area contributed by atoms with Gasteiger partial charge in [0, 0.05) is 10.0 Å². The average molecular weight is 331 g/mol. The smallest absolute Gasteiger partial charge is 0.341 e. The van der Waals surface area contributed by atoms with Gasteiger partial charge >= 0.3 is 5.97 Å². The van der Waals surface area contributed by atoms with E-state index < -0.39 is 23.0 Å². The van der Waals surface area contributed by atoms with Crippen molar-refractivity contribution in [2.75, 3.05) is 6.61 Å². The maximum absolute atomic E-state index is 14.1. The molecule has 19 heavy (non-hydrogen) atoms. The molecule has 0 radical (unpaired) electrons. The zero-order valence-corrected chi connectivity index (χ0v) is 12.7. The zero-order valence-electron chi connectivity index (χ0n) is 11.1. The Morgan fingerprint density at radius 3 is 2.68 bits per heavy atom. The van der Waals surface area contributed by atoms with E-state index >= 15 is 0 Å². The topological polar surface area (TPSA) is 38.8 Å². The molecule has 0 amide bonds. The van der Waals surface area contributed by atoms with Crippen LogP contribution < -0.4 is 0 Å². The van der Waals surface area contributed by atoms with E-state index in [-0.39, 0.29) is 6.61 Å². The number of rotatable bonds is 4. The van der Waals surface area contributed by atoms with Crippen molar-refractivity contribution in [3.05, 3.63) is 34.1 Å². The lowest BCUT2D eigenvalue weighted by molar-refractivity contribution is -0.149. The third kappa shape index (κ3) is 2.09. The van der Waals surface area contributed by atoms with Crippen molar-refractivity contribution < 1.29 is 18.7 Å². The van der Waals surface area contributed by atoms with Crippen LogP contribution in [0, 0.1) is 5.82 Å². The van der Waals surface area contributed by atoms with Gasteiger partial charge in [-0.15, -0.1) is 0 Å². The number of hydrogen-bond acceptors (Lipinski definition) is 3. The minimum Gasteiger partial charge on any atom is -0.464 e. The summed E-state index contributed by atoms with van der Waals surface area (Å²) in [6.07, 6.45) is 0.442. The summed E-state index contributed by atoms with van der Waals surface area (Å²) >= 11 is 3.21. The van der Waals surface area contributed by atoms with Gasteiger partial charge in [-0.05, 0) is 32.4 Å². The molecular weight excluding hydrogens is 315 g/mol. The number of carbonyl (C=O) groups is 1. The molecule has 1 saturated heterocycles. The summed E-state index contributed by atoms with van der Waals surface area (Å²) in [4.78, 5) is 12.0. The van der Waals surface area contributed by atoms with Gasteiger partial charge < -0.3 is 9.47 Å². The molecular formula is C14H16BrFO3. The lowest BCUT2D eigenvalue weighted by atomic mass is 9.85. The van der Waals surface area contributed by atoms with E-state index in [4.69, 9.17) is 9.47 Å². The van der Waals surface area contributed by atoms with Crippen LogP contribution in [-0.4, -0.2) is 18.2 Å². The second kappa shape index (κ2) is 4.87. The molecule has 2 unspecified atom stereocenters. The first-order valence-electron chi connectivity index (χ1n) is 6.24. The third-order valence-corrected chi connectivity index (χ3v) is 4.15. The van der Waals surface area contributed by atoms with Crippen molar-refractivity contribution in [3.63, 3.8) is 0 Å². The maximum Gasteiger partial charge on any atom is 0.341 e. The highest BCUT2D eigenvalue weighted by molar-refractivity contribution is 9.10. The van der Waals surface area contributed by atoms with Gasteiger partial charge in [-0.3, -0.25) is 0 Å². The number of epoxide rings is 1. The largest absolute Gasteiger partial charge is 0.464 e. The van der Waals surface area contributed by atoms with Crippen LogP contribution in [0.2, 0.25) is 0 Å². The zero-order chi connectivity index (χ0) is 14.3. The van der Waals surface area contributed by atoms with Crippen LogP contribution in [0.1, 0.15) is 32.8 Å². The van der Waals surface area contributed by atoms with Crippen molar-refractivity contribution in [1.29, 1.82) is 0 Å². The lowest BCUT2D eigenvalue weighted by Crippen LogP contribution is -2.33. The summed E-state index contributed by atoms with van der Waals surface area (Å²) in [5, 5.41) is 0. The van der Waals surface area contributed by atoms with Gasteiger partial charge in [0.1, 0.15) is 11.4 Å². The van der Waals surface area contributed by atoms with E-state index in [0.29, 0.717) is 16.5 Å². The molecule has 2 rings (SSSR count). The molecule has 3 nitrogen and oxygen atoms in total. The van der Waals surface area contributed by atoms with Crippen molar-refractivity contribution in [1.82, 2.24) is 0 Å². The van der Waals surface area contributed by atoms with E-state index in [1.807, 2.05) is 6.92 Å². The predicted octanol–water partition coefficient (Wildman–Crippen LogP) is 3.55. The fourth-order valence-corrected chi connectivity index (χ4v) is 2.84. The van der Waals surface area contributed by atoms with Crippen molar-refractivity contribution in [3.8, 4) is 0 Å². The molecule has 0 aromatic heterocycles. The quantitative estimate of drug-likeness (QED) is 0.626. The summed E-state index contributed by atoms with van der Waals surface area (Å²) in [5.41, 5.74) is -1.65. The van der Waals surface area contributed by atoms with Gasteiger partial charge in [0.05, 0.1) is 6.61 Å². The summed E-state index contributed by atoms with van der Waals surface area (Å²) in [6, 6.07) is 4.74. The van der Waals surface area contributed by atoms with Gasteiger partial charge in [-0.1, -0.05) is 28.9 Å². The molecule has 0 spiro atoms. The molecule has 1 aromatic rings. The molecule has 5 heteroatoms. The van der Waals surface area contributed by atoms with Crippen LogP contribution in [0.25, 0.3) is 0 Å². The van der Waals surface area contributed by atoms with Crippen molar-refractivity contribution in [2.24, 2.45) is 0 Å². The molecule has 1 heterocycles. The third-order valence-electron chi connectivity index (χ3n) is 3.66. The van der Waals surface area contributed by atoms with Gasteiger partial charge in [-0.25, -0.2) is 9.18 Å². The Bertz CT molecular complexity index is 519. The Labute approximate surface area is 120 Å². The number of hydrogen-bond donors (Lipinski definition) is 0. The maximum atomic E-state index is 14.1. The minimum atomic E-state index is -1.07. The van der Waals surface area contributed by atoms with Gasteiger partial charge in [0.25, 0.3) is 0 Å². The SMILES string of the molecule is CCOC(=O)C1(CC)OC1(C)c1ccc(Br)cc1F. The molecule has 1 aromatic carbocycles. The van der Waals surface area contributed by atoms with Crippen LogP contribution in [-0.2, 0) is 19.9 Å². The Morgan fingerprint density at radius 1 is 1.47 bits per heavy atom. The number of halogens is 2. The van der Waals surface area contributed by atoms with Crippen LogP contribution in [0.5, 0.6) is 0 Å². The summed E-state index contributed by atoms with van der Waals surface area (Å²) in [6.45, 7) is 5.57. The Morgan fingerprint density at radius 2 is 2.16 bits per heavy atom. The second-order valence-corrected chi connectivity index (χ2v) is 5.58. The fourth-order valence-electron chi connectivity index (χ4n) is 2.51. The number of carbonyl (C=O) groups excluding carboxylic acids is 1. The molecule has 1 fully saturated rings. The lowest BCUT2D eigenvalue weighted by Gasteiger charge is -2.15. The highest BCUT2D eigenvalue weighted by Gasteiger charge is 2.73. The van der Waals surface area contributed by atoms with Crippen LogP contribution >= 0.6 is 15.9 Å². The number of ether oxygens (including phenoxy) is 2. The Balaban J connectivity index is 2.37. The van der Waals surface area contributed by atoms with E-state index in [1.54, 1.807) is 26.0 Å². The molecule has 1 aliphatic rings. The van der Waals surface area contributed by atoms with E-state index in [1.165, 1.54) is 6.07 Å². The molecule has 2 atom stereocenters. The van der Waals surface area contributed by atoms with Gasteiger partial charge in [0.2, 0.25) is 0 Å². The molecule has 1 aliphatic heterocycles. The molecule has 0 bridgehead atoms. The van der Waals surface area contributed by atoms with E-state index in [0.717, 1.165) is 0 Å². The van der Waals surface area contributed by atoms with Crippen LogP contribution in [0.15, 0.2) is 22.7 Å². The normalized spacial score (nSPS) is 29.1. The van der Waals surface area contributed by atoms with Crippen LogP contribution in [0.3, 0.4) is 0 Å². The molecule has 0 saturated carbocycles. The van der Waals surface area contributed by atoms with Gasteiger partial charge in [0.15, 0.2) is 5.60 Å². The standard InChI is InChI=1S/C14H16BrFO3/c1-4-14(12(17)18-5-2)13(3,19-14)10-7-6-9(15)8-11(10)16/h6-8H,4-5H2,1-3H3.